The molecule has 0 aromatic rings. The Morgan fingerprint density at radius 3 is 2.37 bits per heavy atom. The molecule has 4 N–H and O–H groups in total. The highest BCUT2D eigenvalue weighted by Crippen LogP contribution is 2.66. The van der Waals surface area contributed by atoms with Gasteiger partial charge in [-0.25, -0.2) is 13.4 Å². The van der Waals surface area contributed by atoms with E-state index in [1.807, 2.05) is 13.1 Å². The number of aliphatic hydroxyl groups excluding tert-OH is 1. The van der Waals surface area contributed by atoms with Crippen LogP contribution in [0.2, 0.25) is 0 Å². The fraction of sp³-hybridized carbons (Fsp3) is 0.733. The van der Waals surface area contributed by atoms with Crippen molar-refractivity contribution >= 4 is 23.2 Å². The molecule has 6 unspecified atom stereocenters. The predicted octanol–water partition coefficient (Wildman–Crippen LogP) is 2.68. The molecule has 15 heteroatoms. The van der Waals surface area contributed by atoms with Gasteiger partial charge in [-0.05, 0) is 19.8 Å². The topological polar surface area (TPSA) is 172 Å². The molecule has 2 heterocycles. The van der Waals surface area contributed by atoms with Crippen molar-refractivity contribution in [1.29, 1.82) is 0 Å². The summed E-state index contributed by atoms with van der Waals surface area (Å²) in [5.74, 6) is 0. The van der Waals surface area contributed by atoms with Crippen LogP contribution in [0.15, 0.2) is 24.0 Å². The fourth-order valence-corrected chi connectivity index (χ4v) is 6.71. The Bertz CT molecular complexity index is 851. The summed E-state index contributed by atoms with van der Waals surface area (Å²) in [6, 6.07) is 0. The van der Waals surface area contributed by atoms with E-state index in [-0.39, 0.29) is 0 Å². The maximum Gasteiger partial charge on any atom is 0.488 e. The maximum atomic E-state index is 12.0. The van der Waals surface area contributed by atoms with Gasteiger partial charge in [-0.1, -0.05) is 26.0 Å². The molecule has 0 radical (unpaired) electrons. The summed E-state index contributed by atoms with van der Waals surface area (Å²) in [4.78, 5) is 29.8. The van der Waals surface area contributed by atoms with Gasteiger partial charge in [0.25, 0.3) is 0 Å². The van der Waals surface area contributed by atoms with Crippen molar-refractivity contribution in [1.82, 2.24) is 4.90 Å². The van der Waals surface area contributed by atoms with E-state index < -0.39 is 53.7 Å². The van der Waals surface area contributed by atoms with E-state index >= 15 is 0 Å². The number of aliphatic hydroxyl groups is 1. The number of hydrogen-bond donors (Lipinski definition) is 4. The number of hydrogen-bond acceptors (Lipinski definition) is 9. The second-order valence-corrected chi connectivity index (χ2v) is 13.0. The molecular weight excluding hydrogens is 463 g/mol. The average molecular weight is 491 g/mol. The predicted molar refractivity (Wildman–Crippen MR) is 106 cm³/mol. The second-order valence-electron chi connectivity index (χ2n) is 7.94. The molecule has 6 atom stereocenters. The van der Waals surface area contributed by atoms with Crippen LogP contribution in [-0.4, -0.2) is 56.4 Å². The summed E-state index contributed by atoms with van der Waals surface area (Å²) >= 11 is 0. The van der Waals surface area contributed by atoms with E-state index in [1.165, 1.54) is 0 Å². The third-order valence-electron chi connectivity index (χ3n) is 4.70. The lowest BCUT2D eigenvalue weighted by molar-refractivity contribution is -0.0681. The molecule has 0 aromatic heterocycles. The smallest absolute Gasteiger partial charge is 0.390 e. The van der Waals surface area contributed by atoms with Gasteiger partial charge in [-0.3, -0.25) is 9.09 Å². The SMILES string of the molecule is C=C1CCC(C)=CN1C1OC(COP(=O)(O)OP(=O)(O)OP(C)(=O)O)C(O)C1(C)C. The van der Waals surface area contributed by atoms with Crippen LogP contribution in [0.4, 0.5) is 0 Å². The highest BCUT2D eigenvalue weighted by molar-refractivity contribution is 7.68. The summed E-state index contributed by atoms with van der Waals surface area (Å²) in [6.45, 7) is 9.39. The van der Waals surface area contributed by atoms with Gasteiger partial charge in [0.15, 0.2) is 0 Å². The van der Waals surface area contributed by atoms with Gasteiger partial charge in [0.1, 0.15) is 12.3 Å². The third-order valence-corrected chi connectivity index (χ3v) is 8.87. The Labute approximate surface area is 174 Å². The quantitative estimate of drug-likeness (QED) is 0.366. The molecule has 0 amide bonds. The number of phosphoric acid groups is 2. The largest absolute Gasteiger partial charge is 0.488 e. The molecule has 1 fully saturated rings. The van der Waals surface area contributed by atoms with Gasteiger partial charge in [0.2, 0.25) is 0 Å². The minimum atomic E-state index is -5.37. The average Bonchev–Trinajstić information content (AvgIpc) is 2.75. The van der Waals surface area contributed by atoms with Crippen LogP contribution in [0.3, 0.4) is 0 Å². The molecule has 30 heavy (non-hydrogen) atoms. The molecule has 12 nitrogen and oxygen atoms in total. The number of phosphoric ester groups is 1. The summed E-state index contributed by atoms with van der Waals surface area (Å²) < 4.78 is 53.1. The Morgan fingerprint density at radius 1 is 1.20 bits per heavy atom. The van der Waals surface area contributed by atoms with Gasteiger partial charge < -0.3 is 29.4 Å². The summed E-state index contributed by atoms with van der Waals surface area (Å²) in [5.41, 5.74) is 1.06. The Morgan fingerprint density at radius 2 is 1.80 bits per heavy atom. The lowest BCUT2D eigenvalue weighted by atomic mass is 9.83. The summed E-state index contributed by atoms with van der Waals surface area (Å²) in [5, 5.41) is 10.7. The lowest BCUT2D eigenvalue weighted by Crippen LogP contribution is -2.44. The van der Waals surface area contributed by atoms with Crippen molar-refractivity contribution in [2.24, 2.45) is 5.41 Å². The van der Waals surface area contributed by atoms with Crippen molar-refractivity contribution in [3.05, 3.63) is 24.0 Å². The van der Waals surface area contributed by atoms with E-state index in [4.69, 9.17) is 9.63 Å². The zero-order valence-corrected chi connectivity index (χ0v) is 19.8. The number of nitrogens with zero attached hydrogens (tertiary/aromatic N) is 1. The number of rotatable bonds is 8. The molecule has 0 aliphatic carbocycles. The Balaban J connectivity index is 2.07. The summed E-state index contributed by atoms with van der Waals surface area (Å²) in [7, 11) is -15.1. The minimum Gasteiger partial charge on any atom is -0.390 e. The molecule has 1 saturated heterocycles. The zero-order valence-electron chi connectivity index (χ0n) is 17.1. The lowest BCUT2D eigenvalue weighted by Gasteiger charge is -2.39. The highest BCUT2D eigenvalue weighted by Gasteiger charge is 2.53. The van der Waals surface area contributed by atoms with Gasteiger partial charge in [-0.15, -0.1) is 0 Å². The molecule has 0 saturated carbocycles. The molecular formula is C15H28NO11P3. The van der Waals surface area contributed by atoms with Crippen LogP contribution >= 0.6 is 23.2 Å². The fourth-order valence-electron chi connectivity index (χ4n) is 3.22. The number of allylic oxidation sites excluding steroid dienone is 2. The van der Waals surface area contributed by atoms with Crippen molar-refractivity contribution in [2.45, 2.75) is 52.0 Å². The normalized spacial score (nSPS) is 32.8. The van der Waals surface area contributed by atoms with Crippen LogP contribution < -0.4 is 0 Å². The van der Waals surface area contributed by atoms with Gasteiger partial charge in [-0.2, -0.15) is 4.31 Å². The van der Waals surface area contributed by atoms with Crippen LogP contribution in [0, 0.1) is 5.41 Å². The Hall–Kier alpha value is -0.350. The third kappa shape index (κ3) is 6.58. The van der Waals surface area contributed by atoms with Gasteiger partial charge in [0.05, 0.1) is 12.7 Å². The van der Waals surface area contributed by atoms with E-state index in [9.17, 15) is 28.6 Å². The molecule has 0 spiro atoms. The van der Waals surface area contributed by atoms with Crippen LogP contribution in [0.5, 0.6) is 0 Å². The monoisotopic (exact) mass is 491 g/mol. The van der Waals surface area contributed by atoms with Crippen LogP contribution in [0.25, 0.3) is 0 Å². The van der Waals surface area contributed by atoms with E-state index in [1.54, 1.807) is 18.7 Å². The van der Waals surface area contributed by atoms with Crippen molar-refractivity contribution in [3.63, 3.8) is 0 Å². The molecule has 2 aliphatic heterocycles. The Kier molecular flexibility index (Phi) is 7.67. The van der Waals surface area contributed by atoms with Gasteiger partial charge in [0, 0.05) is 24.0 Å². The van der Waals surface area contributed by atoms with Crippen molar-refractivity contribution < 1.29 is 51.4 Å². The second kappa shape index (κ2) is 8.89. The van der Waals surface area contributed by atoms with E-state index in [2.05, 4.69) is 19.7 Å². The first kappa shape index (κ1) is 25.9. The molecule has 2 aliphatic rings. The van der Waals surface area contributed by atoms with Crippen molar-refractivity contribution in [3.8, 4) is 0 Å². The maximum absolute atomic E-state index is 12.0. The van der Waals surface area contributed by atoms with E-state index in [0.717, 1.165) is 17.7 Å². The first-order valence-corrected chi connectivity index (χ1v) is 13.9. The zero-order chi connectivity index (χ0) is 23.1. The minimum absolute atomic E-state index is 0.595. The molecule has 174 valence electrons. The van der Waals surface area contributed by atoms with E-state index in [0.29, 0.717) is 13.1 Å². The first-order chi connectivity index (χ1) is 13.4. The standard InChI is InChI=1S/C15H28NO11P3/c1-10-6-7-11(2)16(8-10)14-15(3,4)13(17)12(25-14)9-24-29(20,21)27-30(22,23)26-28(5,18)19/h8,12-14,17H,2,6-7,9H2,1,3-5H3,(H,18,19)(H,20,21)(H,22,23). The number of ether oxygens (including phenoxy) is 1. The summed E-state index contributed by atoms with van der Waals surface area (Å²) in [6.07, 6.45) is 0.585. The first-order valence-electron chi connectivity index (χ1n) is 8.93. The molecule has 0 bridgehead atoms. The molecule has 2 rings (SSSR count). The van der Waals surface area contributed by atoms with Gasteiger partial charge >= 0.3 is 23.2 Å². The van der Waals surface area contributed by atoms with Crippen LogP contribution in [-0.2, 0) is 31.6 Å². The van der Waals surface area contributed by atoms with Crippen molar-refractivity contribution in [2.75, 3.05) is 13.3 Å². The molecule has 0 aromatic carbocycles. The highest BCUT2D eigenvalue weighted by atomic mass is 31.3. The van der Waals surface area contributed by atoms with Crippen LogP contribution in [0.1, 0.15) is 33.6 Å².